The van der Waals surface area contributed by atoms with Gasteiger partial charge in [-0.1, -0.05) is 43.7 Å². The Morgan fingerprint density at radius 1 is 1.24 bits per heavy atom. The summed E-state index contributed by atoms with van der Waals surface area (Å²) in [6.07, 6.45) is 0.831. The zero-order valence-corrected chi connectivity index (χ0v) is 11.7. The van der Waals surface area contributed by atoms with Gasteiger partial charge in [0, 0.05) is 21.6 Å². The van der Waals surface area contributed by atoms with Crippen molar-refractivity contribution in [2.45, 2.75) is 44.6 Å². The van der Waals surface area contributed by atoms with Crippen molar-refractivity contribution in [3.05, 3.63) is 35.4 Å². The van der Waals surface area contributed by atoms with Crippen molar-refractivity contribution in [1.82, 2.24) is 0 Å². The molecule has 0 N–H and O–H groups in total. The molecule has 0 aromatic heterocycles. The maximum atomic E-state index is 12.1. The standard InChI is InChI=1S/C14H20O2S/c1-5-11(3)17(16)12(4)14(15)13-8-6-10(2)7-9-13/h6-9,11-12H,5H2,1-4H3. The number of hydrogen-bond acceptors (Lipinski definition) is 2. The molecular weight excluding hydrogens is 232 g/mol. The molecule has 0 saturated carbocycles. The fourth-order valence-corrected chi connectivity index (χ4v) is 2.94. The Labute approximate surface area is 106 Å². The molecule has 3 unspecified atom stereocenters. The lowest BCUT2D eigenvalue weighted by Crippen LogP contribution is -2.28. The van der Waals surface area contributed by atoms with Gasteiger partial charge in [-0.2, -0.15) is 0 Å². The first-order valence-corrected chi connectivity index (χ1v) is 7.25. The van der Waals surface area contributed by atoms with Crippen LogP contribution in [0.1, 0.15) is 43.1 Å². The van der Waals surface area contributed by atoms with Gasteiger partial charge in [0.2, 0.25) is 0 Å². The van der Waals surface area contributed by atoms with Crippen LogP contribution in [-0.4, -0.2) is 20.5 Å². The molecule has 0 heterocycles. The van der Waals surface area contributed by atoms with Gasteiger partial charge >= 0.3 is 0 Å². The van der Waals surface area contributed by atoms with Gasteiger partial charge < -0.3 is 0 Å². The Kier molecular flexibility index (Phi) is 5.06. The summed E-state index contributed by atoms with van der Waals surface area (Å²) in [6.45, 7) is 7.65. The summed E-state index contributed by atoms with van der Waals surface area (Å²) in [4.78, 5) is 12.1. The molecule has 0 bridgehead atoms. The quantitative estimate of drug-likeness (QED) is 0.755. The van der Waals surface area contributed by atoms with Crippen LogP contribution >= 0.6 is 0 Å². The Bertz CT molecular complexity index is 409. The molecule has 0 fully saturated rings. The van der Waals surface area contributed by atoms with Crippen molar-refractivity contribution in [2.75, 3.05) is 0 Å². The molecule has 1 aromatic rings. The molecule has 94 valence electrons. The van der Waals surface area contributed by atoms with E-state index in [1.165, 1.54) is 0 Å². The van der Waals surface area contributed by atoms with E-state index in [9.17, 15) is 9.00 Å². The monoisotopic (exact) mass is 252 g/mol. The number of hydrogen-bond donors (Lipinski definition) is 0. The Balaban J connectivity index is 2.83. The minimum Gasteiger partial charge on any atom is -0.293 e. The smallest absolute Gasteiger partial charge is 0.178 e. The predicted octanol–water partition coefficient (Wildman–Crippen LogP) is 3.11. The molecule has 0 aliphatic carbocycles. The maximum Gasteiger partial charge on any atom is 0.178 e. The third-order valence-corrected chi connectivity index (χ3v) is 5.06. The van der Waals surface area contributed by atoms with Gasteiger partial charge in [0.25, 0.3) is 0 Å². The SMILES string of the molecule is CCC(C)S(=O)C(C)C(=O)c1ccc(C)cc1. The third kappa shape index (κ3) is 3.50. The molecule has 0 radical (unpaired) electrons. The topological polar surface area (TPSA) is 34.1 Å². The minimum absolute atomic E-state index is 0.0244. The second-order valence-corrected chi connectivity index (χ2v) is 6.59. The van der Waals surface area contributed by atoms with E-state index >= 15 is 0 Å². The van der Waals surface area contributed by atoms with Crippen molar-refractivity contribution in [3.63, 3.8) is 0 Å². The lowest BCUT2D eigenvalue weighted by atomic mass is 10.1. The number of rotatable bonds is 5. The van der Waals surface area contributed by atoms with Gasteiger partial charge in [-0.3, -0.25) is 9.00 Å². The fourth-order valence-electron chi connectivity index (χ4n) is 1.57. The molecule has 17 heavy (non-hydrogen) atoms. The van der Waals surface area contributed by atoms with E-state index in [0.717, 1.165) is 12.0 Å². The second kappa shape index (κ2) is 6.10. The number of ketones is 1. The van der Waals surface area contributed by atoms with E-state index < -0.39 is 16.0 Å². The highest BCUT2D eigenvalue weighted by Gasteiger charge is 2.24. The van der Waals surface area contributed by atoms with Crippen LogP contribution in [0.25, 0.3) is 0 Å². The van der Waals surface area contributed by atoms with Crippen molar-refractivity contribution in [3.8, 4) is 0 Å². The summed E-state index contributed by atoms with van der Waals surface area (Å²) in [7, 11) is -1.10. The van der Waals surface area contributed by atoms with Gasteiger partial charge in [-0.05, 0) is 20.3 Å². The van der Waals surface area contributed by atoms with E-state index in [2.05, 4.69) is 0 Å². The number of benzene rings is 1. The van der Waals surface area contributed by atoms with Gasteiger partial charge in [0.15, 0.2) is 5.78 Å². The molecule has 0 aliphatic rings. The Morgan fingerprint density at radius 2 is 1.76 bits per heavy atom. The highest BCUT2D eigenvalue weighted by molar-refractivity contribution is 7.87. The minimum atomic E-state index is -1.10. The van der Waals surface area contributed by atoms with Gasteiger partial charge in [-0.25, -0.2) is 0 Å². The first-order valence-electron chi connectivity index (χ1n) is 5.97. The highest BCUT2D eigenvalue weighted by Crippen LogP contribution is 2.13. The molecule has 2 nitrogen and oxygen atoms in total. The van der Waals surface area contributed by atoms with Crippen LogP contribution in [0.5, 0.6) is 0 Å². The second-order valence-electron chi connectivity index (χ2n) is 4.42. The number of carbonyl (C=O) groups excluding carboxylic acids is 1. The molecule has 1 rings (SSSR count). The zero-order valence-electron chi connectivity index (χ0n) is 10.9. The first-order chi connectivity index (χ1) is 7.97. The van der Waals surface area contributed by atoms with E-state index in [0.29, 0.717) is 5.56 Å². The molecule has 3 atom stereocenters. The molecule has 0 aliphatic heterocycles. The fraction of sp³-hybridized carbons (Fsp3) is 0.500. The highest BCUT2D eigenvalue weighted by atomic mass is 32.2. The van der Waals surface area contributed by atoms with Crippen molar-refractivity contribution in [2.24, 2.45) is 0 Å². The van der Waals surface area contributed by atoms with Crippen molar-refractivity contribution in [1.29, 1.82) is 0 Å². The summed E-state index contributed by atoms with van der Waals surface area (Å²) in [5.41, 5.74) is 1.78. The third-order valence-electron chi connectivity index (χ3n) is 3.03. The lowest BCUT2D eigenvalue weighted by molar-refractivity contribution is 0.0992. The van der Waals surface area contributed by atoms with E-state index in [-0.39, 0.29) is 11.0 Å². The Hall–Kier alpha value is -0.960. The maximum absolute atomic E-state index is 12.1. The molecule has 0 saturated heterocycles. The normalized spacial score (nSPS) is 16.2. The summed E-state index contributed by atoms with van der Waals surface area (Å²) in [5.74, 6) is -0.0244. The average molecular weight is 252 g/mol. The molecule has 0 spiro atoms. The molecule has 0 amide bonds. The van der Waals surface area contributed by atoms with Crippen LogP contribution in [0.4, 0.5) is 0 Å². The summed E-state index contributed by atoms with van der Waals surface area (Å²) < 4.78 is 12.0. The van der Waals surface area contributed by atoms with Crippen LogP contribution in [0.2, 0.25) is 0 Å². The van der Waals surface area contributed by atoms with Crippen molar-refractivity contribution < 1.29 is 9.00 Å². The summed E-state index contributed by atoms with van der Waals surface area (Å²) in [5, 5.41) is -0.355. The molecular formula is C14H20O2S. The average Bonchev–Trinajstić information content (AvgIpc) is 2.36. The van der Waals surface area contributed by atoms with Crippen LogP contribution in [-0.2, 0) is 10.8 Å². The first kappa shape index (κ1) is 14.1. The van der Waals surface area contributed by atoms with Crippen LogP contribution in [0.3, 0.4) is 0 Å². The van der Waals surface area contributed by atoms with Crippen LogP contribution in [0, 0.1) is 6.92 Å². The molecule has 1 aromatic carbocycles. The zero-order chi connectivity index (χ0) is 13.0. The van der Waals surface area contributed by atoms with Crippen molar-refractivity contribution >= 4 is 16.6 Å². The number of aryl methyl sites for hydroxylation is 1. The predicted molar refractivity (Wildman–Crippen MR) is 72.9 cm³/mol. The van der Waals surface area contributed by atoms with E-state index in [4.69, 9.17) is 0 Å². The van der Waals surface area contributed by atoms with Gasteiger partial charge in [0.05, 0.1) is 5.25 Å². The van der Waals surface area contributed by atoms with Gasteiger partial charge in [-0.15, -0.1) is 0 Å². The lowest BCUT2D eigenvalue weighted by Gasteiger charge is -2.15. The number of Topliss-reactive ketones (excluding diaryl/α,β-unsaturated/α-hetero) is 1. The molecule has 3 heteroatoms. The van der Waals surface area contributed by atoms with Crippen LogP contribution < -0.4 is 0 Å². The van der Waals surface area contributed by atoms with E-state index in [1.54, 1.807) is 6.92 Å². The van der Waals surface area contributed by atoms with Crippen LogP contribution in [0.15, 0.2) is 24.3 Å². The number of carbonyl (C=O) groups is 1. The van der Waals surface area contributed by atoms with Gasteiger partial charge in [0.1, 0.15) is 0 Å². The Morgan fingerprint density at radius 3 is 2.24 bits per heavy atom. The summed E-state index contributed by atoms with van der Waals surface area (Å²) >= 11 is 0. The largest absolute Gasteiger partial charge is 0.293 e. The summed E-state index contributed by atoms with van der Waals surface area (Å²) in [6, 6.07) is 7.43. The van der Waals surface area contributed by atoms with E-state index in [1.807, 2.05) is 45.0 Å².